The molecule has 78 valence electrons. The fourth-order valence-corrected chi connectivity index (χ4v) is 1.46. The number of nitrogens with zero attached hydrogens (tertiary/aromatic N) is 2. The van der Waals surface area contributed by atoms with Gasteiger partial charge in [-0.25, -0.2) is 9.13 Å². The molecule has 4 nitrogen and oxygen atoms in total. The Hall–Kier alpha value is -1.32. The van der Waals surface area contributed by atoms with E-state index in [1.807, 2.05) is 24.1 Å². The summed E-state index contributed by atoms with van der Waals surface area (Å²) in [5, 5.41) is 0. The van der Waals surface area contributed by atoms with Crippen molar-refractivity contribution < 1.29 is 14.1 Å². The lowest BCUT2D eigenvalue weighted by molar-refractivity contribution is -0.671. The second-order valence-electron chi connectivity index (χ2n) is 3.26. The Bertz CT molecular complexity index is 318. The minimum Gasteiger partial charge on any atom is -0.469 e. The Morgan fingerprint density at radius 1 is 1.64 bits per heavy atom. The minimum absolute atomic E-state index is 0.156. The van der Waals surface area contributed by atoms with Gasteiger partial charge in [-0.2, -0.15) is 0 Å². The lowest BCUT2D eigenvalue weighted by atomic mass is 10.2. The topological polar surface area (TPSA) is 35.1 Å². The summed E-state index contributed by atoms with van der Waals surface area (Å²) in [7, 11) is 3.40. The molecule has 1 heterocycles. The average molecular weight is 197 g/mol. The maximum atomic E-state index is 11.0. The predicted octanol–water partition coefficient (Wildman–Crippen LogP) is 0.438. The lowest BCUT2D eigenvalue weighted by Crippen LogP contribution is -2.23. The average Bonchev–Trinajstić information content (AvgIpc) is 2.55. The summed E-state index contributed by atoms with van der Waals surface area (Å²) in [6.45, 7) is 3.01. The highest BCUT2D eigenvalue weighted by Crippen LogP contribution is 2.02. The first-order valence-corrected chi connectivity index (χ1v) is 4.78. The first kappa shape index (κ1) is 10.8. The van der Waals surface area contributed by atoms with Crippen molar-refractivity contribution >= 4 is 5.97 Å². The van der Waals surface area contributed by atoms with Crippen molar-refractivity contribution in [2.45, 2.75) is 26.3 Å². The highest BCUT2D eigenvalue weighted by atomic mass is 16.5. The van der Waals surface area contributed by atoms with Crippen molar-refractivity contribution in [3.8, 4) is 0 Å². The molecule has 1 aromatic rings. The Kier molecular flexibility index (Phi) is 3.68. The number of ether oxygens (including phenoxy) is 1. The van der Waals surface area contributed by atoms with Crippen molar-refractivity contribution in [2.75, 3.05) is 7.11 Å². The van der Waals surface area contributed by atoms with Gasteiger partial charge in [0, 0.05) is 6.42 Å². The number of imidazole rings is 1. The van der Waals surface area contributed by atoms with Gasteiger partial charge in [0.2, 0.25) is 6.33 Å². The molecule has 0 atom stereocenters. The molecule has 0 bridgehead atoms. The third-order valence-corrected chi connectivity index (χ3v) is 2.20. The summed E-state index contributed by atoms with van der Waals surface area (Å²) >= 11 is 0. The van der Waals surface area contributed by atoms with Gasteiger partial charge >= 0.3 is 5.97 Å². The van der Waals surface area contributed by atoms with Gasteiger partial charge in [-0.05, 0) is 6.92 Å². The zero-order valence-corrected chi connectivity index (χ0v) is 8.99. The van der Waals surface area contributed by atoms with Crippen LogP contribution in [0.15, 0.2) is 12.5 Å². The van der Waals surface area contributed by atoms with Crippen LogP contribution in [0.3, 0.4) is 0 Å². The molecule has 4 heteroatoms. The van der Waals surface area contributed by atoms with E-state index in [0.717, 1.165) is 13.0 Å². The minimum atomic E-state index is -0.156. The molecule has 1 rings (SSSR count). The molecule has 14 heavy (non-hydrogen) atoms. The second kappa shape index (κ2) is 4.79. The van der Waals surface area contributed by atoms with E-state index in [9.17, 15) is 4.79 Å². The summed E-state index contributed by atoms with van der Waals surface area (Å²) in [6, 6.07) is 0. The zero-order valence-electron chi connectivity index (χ0n) is 8.99. The molecule has 0 N–H and O–H groups in total. The summed E-state index contributed by atoms with van der Waals surface area (Å²) in [5.74, 6) is -0.156. The highest BCUT2D eigenvalue weighted by Gasteiger charge is 2.11. The summed E-state index contributed by atoms with van der Waals surface area (Å²) in [6.07, 6.45) is 5.24. The molecule has 0 radical (unpaired) electrons. The molecule has 0 aliphatic rings. The predicted molar refractivity (Wildman–Crippen MR) is 51.6 cm³/mol. The number of esters is 1. The standard InChI is InChI=1S/C10H17N2O2/c1-4-12-8-11(2)7-9(12)5-6-10(13)14-3/h7-8H,4-6H2,1-3H3/q+1. The van der Waals surface area contributed by atoms with Crippen LogP contribution in [-0.4, -0.2) is 17.6 Å². The number of aryl methyl sites for hydroxylation is 3. The molecule has 1 aromatic heterocycles. The molecule has 0 aliphatic carbocycles. The van der Waals surface area contributed by atoms with E-state index < -0.39 is 0 Å². The molecule has 0 aliphatic heterocycles. The number of hydrogen-bond acceptors (Lipinski definition) is 2. The molecular formula is C10H17N2O2+. The molecule has 0 unspecified atom stereocenters. The van der Waals surface area contributed by atoms with Gasteiger partial charge in [0.1, 0.15) is 11.9 Å². The fraction of sp³-hybridized carbons (Fsp3) is 0.600. The van der Waals surface area contributed by atoms with Crippen LogP contribution in [0.25, 0.3) is 0 Å². The van der Waals surface area contributed by atoms with E-state index in [2.05, 4.69) is 16.2 Å². The van der Waals surface area contributed by atoms with Crippen molar-refractivity contribution in [1.82, 2.24) is 4.57 Å². The van der Waals surface area contributed by atoms with Crippen LogP contribution in [0.2, 0.25) is 0 Å². The van der Waals surface area contributed by atoms with Crippen LogP contribution >= 0.6 is 0 Å². The summed E-state index contributed by atoms with van der Waals surface area (Å²) in [5.41, 5.74) is 1.17. The Morgan fingerprint density at radius 3 is 2.93 bits per heavy atom. The van der Waals surface area contributed by atoms with Crippen LogP contribution in [0.1, 0.15) is 19.0 Å². The number of aromatic nitrogens is 2. The monoisotopic (exact) mass is 197 g/mol. The van der Waals surface area contributed by atoms with Crippen LogP contribution in [0.5, 0.6) is 0 Å². The van der Waals surface area contributed by atoms with Gasteiger partial charge in [-0.3, -0.25) is 4.79 Å². The van der Waals surface area contributed by atoms with E-state index in [1.54, 1.807) is 0 Å². The number of carbonyl (C=O) groups excluding carboxylic acids is 1. The smallest absolute Gasteiger partial charge is 0.305 e. The Balaban J connectivity index is 2.61. The summed E-state index contributed by atoms with van der Waals surface area (Å²) < 4.78 is 8.72. The number of hydrogen-bond donors (Lipinski definition) is 0. The number of rotatable bonds is 4. The van der Waals surface area contributed by atoms with E-state index in [0.29, 0.717) is 6.42 Å². The van der Waals surface area contributed by atoms with Crippen molar-refractivity contribution in [1.29, 1.82) is 0 Å². The Labute approximate surface area is 84.1 Å². The van der Waals surface area contributed by atoms with Crippen molar-refractivity contribution in [2.24, 2.45) is 7.05 Å². The zero-order chi connectivity index (χ0) is 10.6. The van der Waals surface area contributed by atoms with Crippen molar-refractivity contribution in [3.05, 3.63) is 18.2 Å². The quantitative estimate of drug-likeness (QED) is 0.518. The molecular weight excluding hydrogens is 180 g/mol. The second-order valence-corrected chi connectivity index (χ2v) is 3.26. The molecule has 0 spiro atoms. The first-order chi connectivity index (χ1) is 6.67. The van der Waals surface area contributed by atoms with Crippen LogP contribution < -0.4 is 4.57 Å². The number of methoxy groups -OCH3 is 1. The lowest BCUT2D eigenvalue weighted by Gasteiger charge is -1.97. The highest BCUT2D eigenvalue weighted by molar-refractivity contribution is 5.69. The van der Waals surface area contributed by atoms with Gasteiger partial charge in [0.15, 0.2) is 0 Å². The SMILES string of the molecule is CCn1c[n+](C)cc1CCC(=O)OC. The normalized spacial score (nSPS) is 10.2. The molecule has 0 amide bonds. The van der Waals surface area contributed by atoms with Crippen LogP contribution in [-0.2, 0) is 29.5 Å². The third-order valence-electron chi connectivity index (χ3n) is 2.20. The van der Waals surface area contributed by atoms with E-state index in [1.165, 1.54) is 12.8 Å². The first-order valence-electron chi connectivity index (χ1n) is 4.78. The summed E-state index contributed by atoms with van der Waals surface area (Å²) in [4.78, 5) is 11.0. The van der Waals surface area contributed by atoms with E-state index in [4.69, 9.17) is 0 Å². The third kappa shape index (κ3) is 2.58. The van der Waals surface area contributed by atoms with Crippen LogP contribution in [0.4, 0.5) is 0 Å². The van der Waals surface area contributed by atoms with E-state index >= 15 is 0 Å². The van der Waals surface area contributed by atoms with Gasteiger partial charge in [-0.1, -0.05) is 0 Å². The maximum absolute atomic E-state index is 11.0. The maximum Gasteiger partial charge on any atom is 0.305 e. The molecule has 0 aromatic carbocycles. The van der Waals surface area contributed by atoms with Gasteiger partial charge in [0.25, 0.3) is 0 Å². The number of carbonyl (C=O) groups is 1. The van der Waals surface area contributed by atoms with Gasteiger partial charge in [-0.15, -0.1) is 0 Å². The van der Waals surface area contributed by atoms with Gasteiger partial charge < -0.3 is 4.74 Å². The molecule has 0 saturated carbocycles. The van der Waals surface area contributed by atoms with Crippen molar-refractivity contribution in [3.63, 3.8) is 0 Å². The molecule has 0 fully saturated rings. The van der Waals surface area contributed by atoms with Gasteiger partial charge in [0.05, 0.1) is 27.1 Å². The molecule has 0 saturated heterocycles. The van der Waals surface area contributed by atoms with Crippen LogP contribution in [0, 0.1) is 0 Å². The van der Waals surface area contributed by atoms with E-state index in [-0.39, 0.29) is 5.97 Å². The largest absolute Gasteiger partial charge is 0.469 e. The Morgan fingerprint density at radius 2 is 2.36 bits per heavy atom. The fourth-order valence-electron chi connectivity index (χ4n) is 1.46.